The first-order valence-electron chi connectivity index (χ1n) is 11.5. The monoisotopic (exact) mass is 450 g/mol. The molecule has 4 aliphatic carbocycles. The fourth-order valence-corrected chi connectivity index (χ4v) is 7.78. The highest BCUT2D eigenvalue weighted by Gasteiger charge is 2.74. The van der Waals surface area contributed by atoms with Crippen LogP contribution < -0.4 is 0 Å². The maximum atomic E-state index is 15.8. The number of alkyl halides is 2. The number of allylic oxidation sites excluding steroid dienone is 4. The van der Waals surface area contributed by atoms with Gasteiger partial charge in [-0.05, 0) is 30.9 Å². The Morgan fingerprint density at radius 3 is 2.62 bits per heavy atom. The van der Waals surface area contributed by atoms with Gasteiger partial charge in [0.25, 0.3) is 0 Å². The van der Waals surface area contributed by atoms with E-state index < -0.39 is 64.9 Å². The Hall–Kier alpha value is -1.89. The summed E-state index contributed by atoms with van der Waals surface area (Å²) in [6.45, 7) is 5.74. The molecule has 0 aromatic heterocycles. The van der Waals surface area contributed by atoms with Gasteiger partial charge in [-0.15, -0.1) is 0 Å². The van der Waals surface area contributed by atoms with E-state index in [0.29, 0.717) is 12.0 Å². The Kier molecular flexibility index (Phi) is 5.51. The van der Waals surface area contributed by atoms with E-state index in [1.165, 1.54) is 12.2 Å². The minimum Gasteiger partial charge on any atom is -0.450 e. The number of rotatable bonds is 4. The van der Waals surface area contributed by atoms with E-state index in [9.17, 15) is 23.9 Å². The summed E-state index contributed by atoms with van der Waals surface area (Å²) in [5.41, 5.74) is -2.84. The van der Waals surface area contributed by atoms with E-state index in [4.69, 9.17) is 4.74 Å². The fourth-order valence-electron chi connectivity index (χ4n) is 7.78. The summed E-state index contributed by atoms with van der Waals surface area (Å²) in [6, 6.07) is 0. The van der Waals surface area contributed by atoms with Crippen LogP contribution in [-0.2, 0) is 19.1 Å². The van der Waals surface area contributed by atoms with Gasteiger partial charge < -0.3 is 9.84 Å². The summed E-state index contributed by atoms with van der Waals surface area (Å²) in [6.07, 6.45) is 2.95. The Labute approximate surface area is 187 Å². The van der Waals surface area contributed by atoms with Crippen LogP contribution in [0.5, 0.6) is 0 Å². The minimum absolute atomic E-state index is 0.0280. The largest absolute Gasteiger partial charge is 0.450 e. The Bertz CT molecular complexity index is 912. The van der Waals surface area contributed by atoms with Crippen LogP contribution in [0.1, 0.15) is 53.4 Å². The molecular formula is C25H32F2O5. The summed E-state index contributed by atoms with van der Waals surface area (Å²) >= 11 is 0. The number of fused-ring (bicyclic) bond motifs is 5. The lowest BCUT2D eigenvalue weighted by molar-refractivity contribution is -0.208. The molecule has 176 valence electrons. The lowest BCUT2D eigenvalue weighted by Gasteiger charge is -2.60. The third-order valence-corrected chi connectivity index (χ3v) is 9.12. The number of carbonyl (C=O) groups excluding carboxylic acids is 3. The second kappa shape index (κ2) is 7.57. The Balaban J connectivity index is 1.84. The number of esters is 1. The van der Waals surface area contributed by atoms with Gasteiger partial charge in [0.05, 0.1) is 6.10 Å². The average molecular weight is 451 g/mol. The van der Waals surface area contributed by atoms with Crippen molar-refractivity contribution in [1.82, 2.24) is 0 Å². The van der Waals surface area contributed by atoms with Crippen molar-refractivity contribution in [3.63, 3.8) is 0 Å². The van der Waals surface area contributed by atoms with Gasteiger partial charge in [-0.3, -0.25) is 14.4 Å². The molecule has 0 radical (unpaired) electrons. The van der Waals surface area contributed by atoms with Crippen LogP contribution in [0.4, 0.5) is 8.78 Å². The molecule has 0 heterocycles. The first-order chi connectivity index (χ1) is 15.0. The number of halogens is 2. The van der Waals surface area contributed by atoms with Gasteiger partial charge in [0.2, 0.25) is 5.78 Å². The maximum Gasteiger partial charge on any atom is 0.306 e. The predicted octanol–water partition coefficient (Wildman–Crippen LogP) is 3.69. The molecular weight excluding hydrogens is 418 g/mol. The number of aliphatic hydroxyl groups is 1. The molecule has 7 heteroatoms. The highest BCUT2D eigenvalue weighted by atomic mass is 19.1. The topological polar surface area (TPSA) is 80.7 Å². The molecule has 32 heavy (non-hydrogen) atoms. The number of aliphatic hydroxyl groups excluding tert-OH is 1. The van der Waals surface area contributed by atoms with Gasteiger partial charge in [-0.2, -0.15) is 0 Å². The molecule has 0 saturated heterocycles. The molecule has 0 unspecified atom stereocenters. The summed E-state index contributed by atoms with van der Waals surface area (Å²) in [7, 11) is 0. The third-order valence-electron chi connectivity index (χ3n) is 9.12. The Morgan fingerprint density at radius 1 is 1.31 bits per heavy atom. The van der Waals surface area contributed by atoms with Gasteiger partial charge in [-0.1, -0.05) is 39.3 Å². The highest BCUT2D eigenvalue weighted by Crippen LogP contribution is 2.69. The van der Waals surface area contributed by atoms with Crippen LogP contribution in [0.25, 0.3) is 0 Å². The number of hydrogen-bond donors (Lipinski definition) is 1. The number of Topliss-reactive ketones (excluding diaryl/α,β-unsaturated/α-hetero) is 1. The fraction of sp³-hybridized carbons (Fsp3) is 0.720. The zero-order chi connectivity index (χ0) is 23.6. The molecule has 0 bridgehead atoms. The van der Waals surface area contributed by atoms with Crippen LogP contribution >= 0.6 is 0 Å². The normalized spacial score (nSPS) is 47.2. The molecule has 0 aliphatic heterocycles. The highest BCUT2D eigenvalue weighted by molar-refractivity contribution is 6.01. The standard InChI is InChI=1S/C25H32F2O5/c1-5-20(31)32-25(19(30)12-26)13(2)8-16-21-17(27)10-14-9-15(28)6-7-23(14,3)22(21)18(29)11-24(16,25)4/h6-7,9,13,16-18,21-22,29H,5,8,10-12H2,1-4H3/t13-,16+,17-,18+,21-,22+,23+,24+,25-/m1/s1. The molecule has 3 saturated carbocycles. The first kappa shape index (κ1) is 23.3. The zero-order valence-corrected chi connectivity index (χ0v) is 19.1. The summed E-state index contributed by atoms with van der Waals surface area (Å²) in [5, 5.41) is 11.4. The zero-order valence-electron chi connectivity index (χ0n) is 19.1. The van der Waals surface area contributed by atoms with Crippen LogP contribution in [0.2, 0.25) is 0 Å². The van der Waals surface area contributed by atoms with Gasteiger partial charge in [0.1, 0.15) is 6.17 Å². The van der Waals surface area contributed by atoms with Crippen molar-refractivity contribution in [3.8, 4) is 0 Å². The molecule has 1 N–H and O–H groups in total. The second-order valence-corrected chi connectivity index (χ2v) is 10.6. The quantitative estimate of drug-likeness (QED) is 0.661. The molecule has 0 aromatic carbocycles. The minimum atomic E-state index is -1.74. The van der Waals surface area contributed by atoms with Crippen LogP contribution in [0, 0.1) is 34.5 Å². The van der Waals surface area contributed by atoms with Gasteiger partial charge in [0, 0.05) is 41.4 Å². The second-order valence-electron chi connectivity index (χ2n) is 10.6. The molecule has 0 aromatic rings. The van der Waals surface area contributed by atoms with Crippen molar-refractivity contribution in [2.75, 3.05) is 6.67 Å². The van der Waals surface area contributed by atoms with Gasteiger partial charge in [0.15, 0.2) is 18.1 Å². The van der Waals surface area contributed by atoms with Crippen LogP contribution in [0.3, 0.4) is 0 Å². The maximum absolute atomic E-state index is 15.8. The number of carbonyl (C=O) groups is 3. The van der Waals surface area contributed by atoms with Crippen molar-refractivity contribution in [2.24, 2.45) is 34.5 Å². The molecule has 3 fully saturated rings. The van der Waals surface area contributed by atoms with Crippen LogP contribution in [-0.4, -0.2) is 47.2 Å². The lowest BCUT2D eigenvalue weighted by Crippen LogP contribution is -2.65. The third kappa shape index (κ3) is 2.85. The van der Waals surface area contributed by atoms with Crippen molar-refractivity contribution in [2.45, 2.75) is 71.3 Å². The average Bonchev–Trinajstić information content (AvgIpc) is 2.95. The van der Waals surface area contributed by atoms with Crippen molar-refractivity contribution in [1.29, 1.82) is 0 Å². The van der Waals surface area contributed by atoms with Crippen molar-refractivity contribution < 1.29 is 33.0 Å². The summed E-state index contributed by atoms with van der Waals surface area (Å²) in [4.78, 5) is 37.4. The van der Waals surface area contributed by atoms with E-state index in [2.05, 4.69) is 0 Å². The van der Waals surface area contributed by atoms with E-state index in [1.54, 1.807) is 26.8 Å². The number of ether oxygens (including phenoxy) is 1. The molecule has 4 aliphatic rings. The summed E-state index contributed by atoms with van der Waals surface area (Å²) < 4.78 is 35.4. The summed E-state index contributed by atoms with van der Waals surface area (Å²) in [5.74, 6) is -3.61. The van der Waals surface area contributed by atoms with Crippen molar-refractivity contribution in [3.05, 3.63) is 23.8 Å². The molecule has 4 rings (SSSR count). The van der Waals surface area contributed by atoms with Gasteiger partial charge in [-0.25, -0.2) is 8.78 Å². The SMILES string of the molecule is CCC(=O)O[C@@]1(C(=O)CF)[C@H](C)C[C@H]2[C@H]3[C@H]([C@@H](O)C[C@@]21C)[C@@]1(C)C=CC(=O)C=C1C[C@H]3F. The molecule has 0 amide bonds. The lowest BCUT2D eigenvalue weighted by atomic mass is 9.45. The Morgan fingerprint density at radius 2 is 2.00 bits per heavy atom. The smallest absolute Gasteiger partial charge is 0.306 e. The van der Waals surface area contributed by atoms with E-state index >= 15 is 4.39 Å². The number of ketones is 2. The predicted molar refractivity (Wildman–Crippen MR) is 113 cm³/mol. The molecule has 9 atom stereocenters. The molecule has 5 nitrogen and oxygen atoms in total. The van der Waals surface area contributed by atoms with E-state index in [0.717, 1.165) is 0 Å². The van der Waals surface area contributed by atoms with Crippen LogP contribution in [0.15, 0.2) is 23.8 Å². The molecule has 0 spiro atoms. The van der Waals surface area contributed by atoms with E-state index in [-0.39, 0.29) is 31.0 Å². The van der Waals surface area contributed by atoms with E-state index in [1.807, 2.05) is 6.92 Å². The van der Waals surface area contributed by atoms with Crippen molar-refractivity contribution >= 4 is 17.5 Å². The number of hydrogen-bond acceptors (Lipinski definition) is 5. The first-order valence-corrected chi connectivity index (χ1v) is 11.5. The van der Waals surface area contributed by atoms with Gasteiger partial charge >= 0.3 is 5.97 Å².